The lowest BCUT2D eigenvalue weighted by molar-refractivity contribution is 0.187. The van der Waals surface area contributed by atoms with E-state index in [4.69, 9.17) is 0 Å². The van der Waals surface area contributed by atoms with Gasteiger partial charge in [-0.25, -0.2) is 0 Å². The van der Waals surface area contributed by atoms with Crippen LogP contribution in [0.25, 0.3) is 0 Å². The second kappa shape index (κ2) is 10.8. The molecule has 1 aromatic rings. The molecule has 2 unspecified atom stereocenters. The number of piperidine rings is 1. The fraction of sp³-hybridized carbons (Fsp3) is 0.696. The van der Waals surface area contributed by atoms with E-state index in [0.29, 0.717) is 12.1 Å². The number of benzene rings is 1. The summed E-state index contributed by atoms with van der Waals surface area (Å²) in [5.41, 5.74) is 1.40. The van der Waals surface area contributed by atoms with E-state index in [1.165, 1.54) is 50.9 Å². The quantitative estimate of drug-likeness (QED) is 0.559. The fourth-order valence-corrected chi connectivity index (χ4v) is 4.62. The summed E-state index contributed by atoms with van der Waals surface area (Å²) in [5, 5.41) is 7.21. The third-order valence-corrected chi connectivity index (χ3v) is 6.50. The Morgan fingerprint density at radius 2 is 1.93 bits per heavy atom. The Bertz CT molecular complexity index is 594. The van der Waals surface area contributed by atoms with E-state index < -0.39 is 0 Å². The van der Waals surface area contributed by atoms with Gasteiger partial charge >= 0.3 is 0 Å². The standard InChI is InChI=1S/C23H39N5/c1-4-27-14-11-20(12-15-27)10-13-25-23(24-3)26-22-16-19(2)28(18-22)17-21-8-6-5-7-9-21/h5-9,19-20,22H,4,10-18H2,1-3H3,(H2,24,25,26). The summed E-state index contributed by atoms with van der Waals surface area (Å²) in [6, 6.07) is 11.9. The minimum atomic E-state index is 0.470. The molecule has 2 fully saturated rings. The van der Waals surface area contributed by atoms with Crippen LogP contribution in [-0.4, -0.2) is 67.6 Å². The van der Waals surface area contributed by atoms with Crippen molar-refractivity contribution in [3.8, 4) is 0 Å². The Kier molecular flexibility index (Phi) is 8.16. The van der Waals surface area contributed by atoms with Crippen molar-refractivity contribution in [2.24, 2.45) is 10.9 Å². The molecule has 3 rings (SSSR count). The minimum Gasteiger partial charge on any atom is -0.356 e. The van der Waals surface area contributed by atoms with Crippen molar-refractivity contribution in [3.05, 3.63) is 35.9 Å². The molecule has 5 nitrogen and oxygen atoms in total. The second-order valence-corrected chi connectivity index (χ2v) is 8.51. The Hall–Kier alpha value is -1.59. The molecule has 0 bridgehead atoms. The minimum absolute atomic E-state index is 0.470. The molecule has 156 valence electrons. The number of aliphatic imine (C=N–C) groups is 1. The Morgan fingerprint density at radius 3 is 2.61 bits per heavy atom. The third-order valence-electron chi connectivity index (χ3n) is 6.50. The summed E-state index contributed by atoms with van der Waals surface area (Å²) in [7, 11) is 1.88. The summed E-state index contributed by atoms with van der Waals surface area (Å²) < 4.78 is 0. The summed E-state index contributed by atoms with van der Waals surface area (Å²) in [6.45, 7) is 11.5. The topological polar surface area (TPSA) is 42.9 Å². The highest BCUT2D eigenvalue weighted by atomic mass is 15.3. The largest absolute Gasteiger partial charge is 0.356 e. The lowest BCUT2D eigenvalue weighted by atomic mass is 9.93. The van der Waals surface area contributed by atoms with Gasteiger partial charge in [0.1, 0.15) is 0 Å². The normalized spacial score (nSPS) is 25.2. The molecule has 2 heterocycles. The highest BCUT2D eigenvalue weighted by molar-refractivity contribution is 5.80. The van der Waals surface area contributed by atoms with Gasteiger partial charge in [-0.3, -0.25) is 9.89 Å². The first-order chi connectivity index (χ1) is 13.7. The lowest BCUT2D eigenvalue weighted by Crippen LogP contribution is -2.45. The van der Waals surface area contributed by atoms with Gasteiger partial charge in [0.2, 0.25) is 0 Å². The van der Waals surface area contributed by atoms with Crippen LogP contribution in [0.1, 0.15) is 45.1 Å². The molecular weight excluding hydrogens is 346 g/mol. The number of hydrogen-bond donors (Lipinski definition) is 2. The van der Waals surface area contributed by atoms with Crippen molar-refractivity contribution in [2.75, 3.05) is 39.8 Å². The molecule has 28 heavy (non-hydrogen) atoms. The summed E-state index contributed by atoms with van der Waals surface area (Å²) in [5.74, 6) is 1.83. The number of likely N-dealkylation sites (tertiary alicyclic amines) is 2. The first kappa shape index (κ1) is 21.1. The van der Waals surface area contributed by atoms with Crippen molar-refractivity contribution in [2.45, 2.75) is 58.2 Å². The van der Waals surface area contributed by atoms with Crippen molar-refractivity contribution < 1.29 is 0 Å². The molecule has 0 aliphatic carbocycles. The first-order valence-electron chi connectivity index (χ1n) is 11.2. The van der Waals surface area contributed by atoms with E-state index in [2.05, 4.69) is 69.6 Å². The first-order valence-corrected chi connectivity index (χ1v) is 11.2. The van der Waals surface area contributed by atoms with E-state index >= 15 is 0 Å². The van der Waals surface area contributed by atoms with Gasteiger partial charge in [0.15, 0.2) is 5.96 Å². The predicted octanol–water partition coefficient (Wildman–Crippen LogP) is 2.94. The maximum absolute atomic E-state index is 4.46. The lowest BCUT2D eigenvalue weighted by Gasteiger charge is -2.31. The third kappa shape index (κ3) is 6.21. The van der Waals surface area contributed by atoms with Crippen LogP contribution in [0.15, 0.2) is 35.3 Å². The molecule has 0 amide bonds. The van der Waals surface area contributed by atoms with Gasteiger partial charge in [-0.2, -0.15) is 0 Å². The SMILES string of the molecule is CCN1CCC(CCNC(=NC)NC2CC(C)N(Cc3ccccc3)C2)CC1. The van der Waals surface area contributed by atoms with E-state index in [1.54, 1.807) is 0 Å². The molecule has 1 aromatic carbocycles. The second-order valence-electron chi connectivity index (χ2n) is 8.51. The van der Waals surface area contributed by atoms with Crippen LogP contribution in [-0.2, 0) is 6.54 Å². The Labute approximate surface area is 171 Å². The molecular formula is C23H39N5. The van der Waals surface area contributed by atoms with Gasteiger partial charge in [0, 0.05) is 38.8 Å². The highest BCUT2D eigenvalue weighted by Gasteiger charge is 2.29. The maximum atomic E-state index is 4.46. The number of hydrogen-bond acceptors (Lipinski definition) is 3. The molecule has 0 radical (unpaired) electrons. The van der Waals surface area contributed by atoms with Gasteiger partial charge in [-0.1, -0.05) is 37.3 Å². The summed E-state index contributed by atoms with van der Waals surface area (Å²) in [4.78, 5) is 9.59. The smallest absolute Gasteiger partial charge is 0.191 e. The van der Waals surface area contributed by atoms with Crippen LogP contribution in [0, 0.1) is 5.92 Å². The highest BCUT2D eigenvalue weighted by Crippen LogP contribution is 2.21. The van der Waals surface area contributed by atoms with E-state index in [9.17, 15) is 0 Å². The van der Waals surface area contributed by atoms with Crippen LogP contribution in [0.3, 0.4) is 0 Å². The molecule has 2 atom stereocenters. The van der Waals surface area contributed by atoms with Crippen LogP contribution >= 0.6 is 0 Å². The Balaban J connectivity index is 1.38. The molecule has 0 saturated carbocycles. The van der Waals surface area contributed by atoms with Crippen molar-refractivity contribution in [1.29, 1.82) is 0 Å². The molecule has 2 saturated heterocycles. The fourth-order valence-electron chi connectivity index (χ4n) is 4.62. The zero-order chi connectivity index (χ0) is 19.8. The zero-order valence-electron chi connectivity index (χ0n) is 18.0. The van der Waals surface area contributed by atoms with Gasteiger partial charge < -0.3 is 15.5 Å². The monoisotopic (exact) mass is 385 g/mol. The molecule has 2 aliphatic rings. The van der Waals surface area contributed by atoms with Gasteiger partial charge in [-0.05, 0) is 63.7 Å². The van der Waals surface area contributed by atoms with Gasteiger partial charge in [0.25, 0.3) is 0 Å². The predicted molar refractivity (Wildman–Crippen MR) is 119 cm³/mol. The molecule has 2 N–H and O–H groups in total. The molecule has 2 aliphatic heterocycles. The maximum Gasteiger partial charge on any atom is 0.191 e. The number of nitrogens with zero attached hydrogens (tertiary/aromatic N) is 3. The van der Waals surface area contributed by atoms with E-state index in [1.807, 2.05) is 7.05 Å². The summed E-state index contributed by atoms with van der Waals surface area (Å²) >= 11 is 0. The summed E-state index contributed by atoms with van der Waals surface area (Å²) in [6.07, 6.45) is 5.11. The number of rotatable bonds is 7. The molecule has 0 aromatic heterocycles. The van der Waals surface area contributed by atoms with Crippen molar-refractivity contribution in [3.63, 3.8) is 0 Å². The average molecular weight is 386 g/mol. The van der Waals surface area contributed by atoms with Gasteiger partial charge in [0.05, 0.1) is 0 Å². The molecule has 5 heteroatoms. The van der Waals surface area contributed by atoms with Crippen molar-refractivity contribution >= 4 is 5.96 Å². The zero-order valence-corrected chi connectivity index (χ0v) is 18.0. The average Bonchev–Trinajstić information content (AvgIpc) is 3.07. The van der Waals surface area contributed by atoms with Gasteiger partial charge in [-0.15, -0.1) is 0 Å². The van der Waals surface area contributed by atoms with Crippen LogP contribution < -0.4 is 10.6 Å². The molecule has 0 spiro atoms. The van der Waals surface area contributed by atoms with Crippen molar-refractivity contribution in [1.82, 2.24) is 20.4 Å². The van der Waals surface area contributed by atoms with Crippen LogP contribution in [0.4, 0.5) is 0 Å². The number of nitrogens with one attached hydrogen (secondary N) is 2. The Morgan fingerprint density at radius 1 is 1.18 bits per heavy atom. The van der Waals surface area contributed by atoms with E-state index in [-0.39, 0.29) is 0 Å². The number of guanidine groups is 1. The van der Waals surface area contributed by atoms with Crippen LogP contribution in [0.5, 0.6) is 0 Å². The van der Waals surface area contributed by atoms with Crippen LogP contribution in [0.2, 0.25) is 0 Å². The van der Waals surface area contributed by atoms with E-state index in [0.717, 1.165) is 31.5 Å².